The van der Waals surface area contributed by atoms with Crippen molar-refractivity contribution in [2.75, 3.05) is 0 Å². The van der Waals surface area contributed by atoms with Crippen molar-refractivity contribution < 1.29 is 30.7 Å². The number of hydrogen-bond acceptors (Lipinski definition) is 1. The molecule has 1 aliphatic rings. The minimum absolute atomic E-state index is 0.110. The first kappa shape index (κ1) is 14.9. The zero-order chi connectivity index (χ0) is 15.7. The molecular formula is C11H9F7N2. The van der Waals surface area contributed by atoms with Crippen LogP contribution in [0.5, 0.6) is 0 Å². The molecule has 112 valence electrons. The predicted molar refractivity (Wildman–Crippen MR) is 55.6 cm³/mol. The van der Waals surface area contributed by atoms with E-state index in [2.05, 4.69) is 5.10 Å². The Kier molecular flexibility index (Phi) is 2.80. The highest BCUT2D eigenvalue weighted by Crippen LogP contribution is 2.62. The lowest BCUT2D eigenvalue weighted by Gasteiger charge is -2.24. The minimum atomic E-state index is -5.83. The summed E-state index contributed by atoms with van der Waals surface area (Å²) in [5.74, 6) is -19.5. The lowest BCUT2D eigenvalue weighted by molar-refractivity contribution is -0.263. The molecule has 0 atom stereocenters. The first-order valence-electron chi connectivity index (χ1n) is 5.42. The second-order valence-electron chi connectivity index (χ2n) is 4.58. The molecule has 0 unspecified atom stereocenters. The summed E-state index contributed by atoms with van der Waals surface area (Å²) < 4.78 is 94.4. The third kappa shape index (κ3) is 1.43. The zero-order valence-electron chi connectivity index (χ0n) is 10.5. The SMILES string of the molecule is Cc1nn(C)c(C)c1C1=C(F)C(F)(F)C(F)(F)C1(F)F. The zero-order valence-corrected chi connectivity index (χ0v) is 10.5. The van der Waals surface area contributed by atoms with E-state index in [1.165, 1.54) is 14.0 Å². The topological polar surface area (TPSA) is 17.8 Å². The van der Waals surface area contributed by atoms with Gasteiger partial charge in [-0.2, -0.15) is 31.4 Å². The molecule has 0 aromatic carbocycles. The highest BCUT2D eigenvalue weighted by Gasteiger charge is 2.81. The van der Waals surface area contributed by atoms with Crippen LogP contribution in [0.15, 0.2) is 5.83 Å². The van der Waals surface area contributed by atoms with Crippen LogP contribution in [0.2, 0.25) is 0 Å². The molecule has 20 heavy (non-hydrogen) atoms. The highest BCUT2D eigenvalue weighted by atomic mass is 19.3. The maximum Gasteiger partial charge on any atom is 0.383 e. The molecule has 1 aromatic rings. The third-order valence-electron chi connectivity index (χ3n) is 3.36. The van der Waals surface area contributed by atoms with Crippen molar-refractivity contribution in [2.24, 2.45) is 7.05 Å². The molecule has 0 aliphatic heterocycles. The van der Waals surface area contributed by atoms with Gasteiger partial charge in [0.15, 0.2) is 5.83 Å². The van der Waals surface area contributed by atoms with Crippen LogP contribution in [0.25, 0.3) is 5.57 Å². The average Bonchev–Trinajstić information content (AvgIpc) is 2.58. The van der Waals surface area contributed by atoms with E-state index in [1.54, 1.807) is 0 Å². The van der Waals surface area contributed by atoms with E-state index in [0.717, 1.165) is 11.6 Å². The third-order valence-corrected chi connectivity index (χ3v) is 3.36. The summed E-state index contributed by atoms with van der Waals surface area (Å²) in [5, 5.41) is 3.64. The molecule has 0 fully saturated rings. The van der Waals surface area contributed by atoms with E-state index >= 15 is 0 Å². The van der Waals surface area contributed by atoms with Crippen LogP contribution >= 0.6 is 0 Å². The summed E-state index contributed by atoms with van der Waals surface area (Å²) in [6.07, 6.45) is 0. The van der Waals surface area contributed by atoms with E-state index in [0.29, 0.717) is 0 Å². The Hall–Kier alpha value is -1.54. The number of aromatic nitrogens is 2. The normalized spacial score (nSPS) is 23.5. The van der Waals surface area contributed by atoms with Gasteiger partial charge in [-0.05, 0) is 13.8 Å². The van der Waals surface area contributed by atoms with E-state index in [-0.39, 0.29) is 11.4 Å². The van der Waals surface area contributed by atoms with Gasteiger partial charge < -0.3 is 0 Å². The molecule has 0 spiro atoms. The number of aryl methyl sites for hydroxylation is 2. The molecule has 2 nitrogen and oxygen atoms in total. The number of nitrogens with zero attached hydrogens (tertiary/aromatic N) is 2. The van der Waals surface area contributed by atoms with Gasteiger partial charge in [-0.15, -0.1) is 0 Å². The summed E-state index contributed by atoms with van der Waals surface area (Å²) in [5.41, 5.74) is -3.05. The Morgan fingerprint density at radius 1 is 0.950 bits per heavy atom. The van der Waals surface area contributed by atoms with Crippen molar-refractivity contribution in [1.82, 2.24) is 9.78 Å². The summed E-state index contributed by atoms with van der Waals surface area (Å²) in [6.45, 7) is 2.34. The Bertz CT molecular complexity index is 613. The lowest BCUT2D eigenvalue weighted by atomic mass is 9.99. The van der Waals surface area contributed by atoms with Crippen molar-refractivity contribution in [3.8, 4) is 0 Å². The second kappa shape index (κ2) is 3.76. The predicted octanol–water partition coefficient (Wildman–Crippen LogP) is 3.64. The summed E-state index contributed by atoms with van der Waals surface area (Å²) in [4.78, 5) is 0. The molecule has 0 saturated carbocycles. The molecule has 0 N–H and O–H groups in total. The monoisotopic (exact) mass is 302 g/mol. The number of alkyl halides is 6. The van der Waals surface area contributed by atoms with E-state index in [9.17, 15) is 30.7 Å². The first-order chi connectivity index (χ1) is 8.87. The van der Waals surface area contributed by atoms with Gasteiger partial charge in [0, 0.05) is 18.3 Å². The molecule has 9 heteroatoms. The van der Waals surface area contributed by atoms with Gasteiger partial charge in [0.2, 0.25) is 0 Å². The quantitative estimate of drug-likeness (QED) is 0.724. The van der Waals surface area contributed by atoms with Crippen LogP contribution in [0, 0.1) is 13.8 Å². The lowest BCUT2D eigenvalue weighted by Crippen LogP contribution is -2.48. The number of allylic oxidation sites excluding steroid dienone is 2. The average molecular weight is 302 g/mol. The van der Waals surface area contributed by atoms with Gasteiger partial charge in [-0.25, -0.2) is 4.39 Å². The molecule has 1 aliphatic carbocycles. The van der Waals surface area contributed by atoms with Crippen molar-refractivity contribution >= 4 is 5.57 Å². The fourth-order valence-electron chi connectivity index (χ4n) is 2.19. The molecule has 0 amide bonds. The minimum Gasteiger partial charge on any atom is -0.272 e. The van der Waals surface area contributed by atoms with Gasteiger partial charge in [0.05, 0.1) is 11.3 Å². The number of halogens is 7. The van der Waals surface area contributed by atoms with Gasteiger partial charge in [0.1, 0.15) is 0 Å². The fraction of sp³-hybridized carbons (Fsp3) is 0.545. The molecule has 0 radical (unpaired) electrons. The number of rotatable bonds is 1. The van der Waals surface area contributed by atoms with E-state index in [1.807, 2.05) is 0 Å². The maximum atomic E-state index is 13.6. The smallest absolute Gasteiger partial charge is 0.272 e. The molecule has 1 heterocycles. The molecule has 1 aromatic heterocycles. The Balaban J connectivity index is 2.83. The standard InChI is InChI=1S/C11H9F7N2/c1-4-6(5(2)20(3)19-4)7-8(12)10(15,16)11(17,18)9(7,13)14/h1-3H3. The fourth-order valence-corrected chi connectivity index (χ4v) is 2.19. The van der Waals surface area contributed by atoms with Gasteiger partial charge in [0.25, 0.3) is 0 Å². The van der Waals surface area contributed by atoms with Crippen molar-refractivity contribution in [2.45, 2.75) is 31.6 Å². The highest BCUT2D eigenvalue weighted by molar-refractivity contribution is 5.80. The van der Waals surface area contributed by atoms with E-state index < -0.39 is 34.7 Å². The largest absolute Gasteiger partial charge is 0.383 e. The van der Waals surface area contributed by atoms with Crippen molar-refractivity contribution in [1.29, 1.82) is 0 Å². The molecule has 0 saturated heterocycles. The summed E-state index contributed by atoms with van der Waals surface area (Å²) in [7, 11) is 1.30. The van der Waals surface area contributed by atoms with Gasteiger partial charge in [-0.3, -0.25) is 4.68 Å². The van der Waals surface area contributed by atoms with Crippen molar-refractivity contribution in [3.63, 3.8) is 0 Å². The van der Waals surface area contributed by atoms with Crippen LogP contribution in [0.3, 0.4) is 0 Å². The van der Waals surface area contributed by atoms with Crippen LogP contribution in [-0.4, -0.2) is 27.5 Å². The van der Waals surface area contributed by atoms with Crippen LogP contribution in [0.4, 0.5) is 30.7 Å². The first-order valence-corrected chi connectivity index (χ1v) is 5.42. The van der Waals surface area contributed by atoms with Crippen LogP contribution in [-0.2, 0) is 7.05 Å². The van der Waals surface area contributed by atoms with E-state index in [4.69, 9.17) is 0 Å². The Morgan fingerprint density at radius 2 is 1.45 bits per heavy atom. The molecular weight excluding hydrogens is 293 g/mol. The summed E-state index contributed by atoms with van der Waals surface area (Å²) in [6, 6.07) is 0. The van der Waals surface area contributed by atoms with Crippen molar-refractivity contribution in [3.05, 3.63) is 22.8 Å². The molecule has 2 rings (SSSR count). The second-order valence-corrected chi connectivity index (χ2v) is 4.58. The summed E-state index contributed by atoms with van der Waals surface area (Å²) >= 11 is 0. The maximum absolute atomic E-state index is 13.6. The van der Waals surface area contributed by atoms with Crippen LogP contribution in [0.1, 0.15) is 17.0 Å². The Labute approximate surface area is 108 Å². The molecule has 0 bridgehead atoms. The number of hydrogen-bond donors (Lipinski definition) is 0. The van der Waals surface area contributed by atoms with Crippen LogP contribution < -0.4 is 0 Å². The Morgan fingerprint density at radius 3 is 1.75 bits per heavy atom. The van der Waals surface area contributed by atoms with Gasteiger partial charge >= 0.3 is 17.8 Å². The van der Waals surface area contributed by atoms with Gasteiger partial charge in [-0.1, -0.05) is 0 Å².